The number of imidazole rings is 1. The number of hydrogen-bond acceptors (Lipinski definition) is 2. The molecule has 2 N–H and O–H groups in total. The van der Waals surface area contributed by atoms with Crippen molar-refractivity contribution in [3.05, 3.63) is 47.0 Å². The molecule has 1 heterocycles. The molecule has 0 spiro atoms. The average Bonchev–Trinajstić information content (AvgIpc) is 2.57. The van der Waals surface area contributed by atoms with Gasteiger partial charge >= 0.3 is 0 Å². The fourth-order valence-corrected chi connectivity index (χ4v) is 1.54. The number of hydrogen-bond donors (Lipinski definition) is 1. The summed E-state index contributed by atoms with van der Waals surface area (Å²) in [6.45, 7) is 1.75. The van der Waals surface area contributed by atoms with Crippen molar-refractivity contribution >= 4 is 5.95 Å². The molecule has 6 heteroatoms. The largest absolute Gasteiger partial charge is 0.369 e. The summed E-state index contributed by atoms with van der Waals surface area (Å²) >= 11 is 0. The van der Waals surface area contributed by atoms with E-state index in [0.29, 0.717) is 11.8 Å². The molecule has 2 rings (SSSR count). The number of benzene rings is 1. The lowest BCUT2D eigenvalue weighted by molar-refractivity contribution is 0.488. The molecule has 0 aliphatic heterocycles. The summed E-state index contributed by atoms with van der Waals surface area (Å²) in [5.41, 5.74) is 6.31. The van der Waals surface area contributed by atoms with Crippen LogP contribution in [0, 0.1) is 24.4 Å². The van der Waals surface area contributed by atoms with Gasteiger partial charge < -0.3 is 10.3 Å². The molecule has 1 aromatic heterocycles. The lowest BCUT2D eigenvalue weighted by atomic mass is 10.2. The number of nitrogens with zero attached hydrogens (tertiary/aromatic N) is 2. The van der Waals surface area contributed by atoms with E-state index in [9.17, 15) is 13.2 Å². The van der Waals surface area contributed by atoms with E-state index in [0.717, 1.165) is 6.07 Å². The van der Waals surface area contributed by atoms with Crippen LogP contribution in [0.25, 0.3) is 0 Å². The Morgan fingerprint density at radius 3 is 2.41 bits per heavy atom. The van der Waals surface area contributed by atoms with E-state index >= 15 is 0 Å². The van der Waals surface area contributed by atoms with Gasteiger partial charge in [-0.05, 0) is 13.0 Å². The first-order valence-electron chi connectivity index (χ1n) is 4.90. The molecule has 0 fully saturated rings. The Morgan fingerprint density at radius 1 is 1.18 bits per heavy atom. The van der Waals surface area contributed by atoms with E-state index in [1.807, 2.05) is 0 Å². The fourth-order valence-electron chi connectivity index (χ4n) is 1.54. The quantitative estimate of drug-likeness (QED) is 0.819. The standard InChI is InChI=1S/C11H10F3N3/c1-6-4-16-11(15)17(6)5-7-2-9(13)10(14)3-8(7)12/h2-4H,5H2,1H3,(H2,15,16). The Labute approximate surface area is 95.7 Å². The van der Waals surface area contributed by atoms with Crippen molar-refractivity contribution in [2.75, 3.05) is 5.73 Å². The molecule has 2 aromatic rings. The third kappa shape index (κ3) is 2.11. The molecule has 0 aliphatic rings. The molecule has 1 aromatic carbocycles. The minimum absolute atomic E-state index is 0.0146. The highest BCUT2D eigenvalue weighted by atomic mass is 19.2. The highest BCUT2D eigenvalue weighted by Gasteiger charge is 2.12. The van der Waals surface area contributed by atoms with Crippen LogP contribution < -0.4 is 5.73 Å². The van der Waals surface area contributed by atoms with Crippen LogP contribution >= 0.6 is 0 Å². The predicted molar refractivity (Wildman–Crippen MR) is 56.8 cm³/mol. The summed E-state index contributed by atoms with van der Waals surface area (Å²) in [4.78, 5) is 3.83. The second-order valence-electron chi connectivity index (χ2n) is 3.70. The van der Waals surface area contributed by atoms with Crippen LogP contribution in [0.15, 0.2) is 18.3 Å². The number of nitrogens with two attached hydrogens (primary N) is 1. The van der Waals surface area contributed by atoms with E-state index < -0.39 is 17.5 Å². The number of rotatable bonds is 2. The molecule has 3 nitrogen and oxygen atoms in total. The minimum atomic E-state index is -1.21. The number of aromatic nitrogens is 2. The first kappa shape index (κ1) is 11.5. The van der Waals surface area contributed by atoms with Crippen molar-refractivity contribution in [1.82, 2.24) is 9.55 Å². The molecular formula is C11H10F3N3. The van der Waals surface area contributed by atoms with Crippen LogP contribution in [0.2, 0.25) is 0 Å². The Morgan fingerprint density at radius 2 is 1.82 bits per heavy atom. The van der Waals surface area contributed by atoms with Gasteiger partial charge in [-0.3, -0.25) is 0 Å². The van der Waals surface area contributed by atoms with Gasteiger partial charge in [0.2, 0.25) is 5.95 Å². The van der Waals surface area contributed by atoms with Gasteiger partial charge in [0, 0.05) is 17.3 Å². The van der Waals surface area contributed by atoms with Crippen molar-refractivity contribution < 1.29 is 13.2 Å². The molecule has 90 valence electrons. The van der Waals surface area contributed by atoms with Crippen molar-refractivity contribution in [2.24, 2.45) is 0 Å². The number of aryl methyl sites for hydroxylation is 1. The number of halogens is 3. The van der Waals surface area contributed by atoms with Crippen molar-refractivity contribution in [3.8, 4) is 0 Å². The molecular weight excluding hydrogens is 231 g/mol. The highest BCUT2D eigenvalue weighted by Crippen LogP contribution is 2.17. The summed E-state index contributed by atoms with van der Waals surface area (Å²) in [6, 6.07) is 1.34. The minimum Gasteiger partial charge on any atom is -0.369 e. The average molecular weight is 241 g/mol. The van der Waals surface area contributed by atoms with Crippen LogP contribution in [-0.2, 0) is 6.54 Å². The van der Waals surface area contributed by atoms with E-state index in [-0.39, 0.29) is 18.1 Å². The molecule has 0 saturated heterocycles. The fraction of sp³-hybridized carbons (Fsp3) is 0.182. The Balaban J connectivity index is 2.40. The van der Waals surface area contributed by atoms with Gasteiger partial charge in [-0.15, -0.1) is 0 Å². The zero-order valence-electron chi connectivity index (χ0n) is 9.04. The first-order valence-corrected chi connectivity index (χ1v) is 4.90. The predicted octanol–water partition coefficient (Wildman–Crippen LogP) is 2.24. The first-order chi connectivity index (χ1) is 7.99. The van der Waals surface area contributed by atoms with Crippen molar-refractivity contribution in [2.45, 2.75) is 13.5 Å². The number of nitrogen functional groups attached to an aromatic ring is 1. The molecule has 0 bridgehead atoms. The molecule has 0 aliphatic carbocycles. The third-order valence-electron chi connectivity index (χ3n) is 2.50. The molecule has 0 unspecified atom stereocenters. The second kappa shape index (κ2) is 4.12. The SMILES string of the molecule is Cc1cnc(N)n1Cc1cc(F)c(F)cc1F. The third-order valence-corrected chi connectivity index (χ3v) is 2.50. The summed E-state index contributed by atoms with van der Waals surface area (Å²) in [5.74, 6) is -2.90. The van der Waals surface area contributed by atoms with E-state index in [4.69, 9.17) is 5.73 Å². The van der Waals surface area contributed by atoms with Gasteiger partial charge in [0.25, 0.3) is 0 Å². The van der Waals surface area contributed by atoms with Gasteiger partial charge in [0.05, 0.1) is 12.7 Å². The Bertz CT molecular complexity index is 544. The van der Waals surface area contributed by atoms with Crippen LogP contribution in [-0.4, -0.2) is 9.55 Å². The monoisotopic (exact) mass is 241 g/mol. The molecule has 17 heavy (non-hydrogen) atoms. The lowest BCUT2D eigenvalue weighted by Crippen LogP contribution is -2.08. The van der Waals surface area contributed by atoms with Crippen LogP contribution in [0.5, 0.6) is 0 Å². The van der Waals surface area contributed by atoms with E-state index in [2.05, 4.69) is 4.98 Å². The summed E-state index contributed by atoms with van der Waals surface area (Å²) < 4.78 is 40.6. The van der Waals surface area contributed by atoms with Crippen LogP contribution in [0.4, 0.5) is 19.1 Å². The maximum Gasteiger partial charge on any atom is 0.200 e. The zero-order chi connectivity index (χ0) is 12.6. The highest BCUT2D eigenvalue weighted by molar-refractivity contribution is 5.27. The molecule has 0 atom stereocenters. The molecule has 0 amide bonds. The van der Waals surface area contributed by atoms with E-state index in [1.165, 1.54) is 10.8 Å². The summed E-state index contributed by atoms with van der Waals surface area (Å²) in [7, 11) is 0. The molecule has 0 saturated carbocycles. The summed E-state index contributed by atoms with van der Waals surface area (Å²) in [5, 5.41) is 0. The number of anilines is 1. The smallest absolute Gasteiger partial charge is 0.200 e. The van der Waals surface area contributed by atoms with Crippen molar-refractivity contribution in [3.63, 3.8) is 0 Å². The Kier molecular flexibility index (Phi) is 2.79. The van der Waals surface area contributed by atoms with Crippen LogP contribution in [0.1, 0.15) is 11.3 Å². The normalized spacial score (nSPS) is 10.8. The van der Waals surface area contributed by atoms with Gasteiger partial charge in [-0.1, -0.05) is 0 Å². The van der Waals surface area contributed by atoms with Crippen LogP contribution in [0.3, 0.4) is 0 Å². The van der Waals surface area contributed by atoms with Gasteiger partial charge in [0.15, 0.2) is 11.6 Å². The second-order valence-corrected chi connectivity index (χ2v) is 3.70. The van der Waals surface area contributed by atoms with Gasteiger partial charge in [-0.25, -0.2) is 18.2 Å². The summed E-state index contributed by atoms with van der Waals surface area (Å²) in [6.07, 6.45) is 1.52. The Hall–Kier alpha value is -1.98. The maximum atomic E-state index is 13.4. The lowest BCUT2D eigenvalue weighted by Gasteiger charge is -2.09. The molecule has 0 radical (unpaired) electrons. The zero-order valence-corrected chi connectivity index (χ0v) is 9.04. The van der Waals surface area contributed by atoms with Gasteiger partial charge in [-0.2, -0.15) is 0 Å². The topological polar surface area (TPSA) is 43.8 Å². The maximum absolute atomic E-state index is 13.4. The van der Waals surface area contributed by atoms with E-state index in [1.54, 1.807) is 6.92 Å². The van der Waals surface area contributed by atoms with Gasteiger partial charge in [0.1, 0.15) is 5.82 Å². The van der Waals surface area contributed by atoms with Crippen molar-refractivity contribution in [1.29, 1.82) is 0 Å².